The molecule has 0 amide bonds. The van der Waals surface area contributed by atoms with Crippen LogP contribution in [0.15, 0.2) is 10.4 Å². The standard InChI is InChI=1S/C5H4Cl2O2S/c6-3-1-10-2-5(3,7)4(8)9/h1H,2H2,(H,8,9). The molecule has 1 aliphatic heterocycles. The lowest BCUT2D eigenvalue weighted by Crippen LogP contribution is -2.32. The molecule has 0 spiro atoms. The van der Waals surface area contributed by atoms with Gasteiger partial charge >= 0.3 is 5.97 Å². The third-order valence-electron chi connectivity index (χ3n) is 1.19. The Balaban J connectivity index is 2.89. The van der Waals surface area contributed by atoms with E-state index in [0.717, 1.165) is 0 Å². The number of hydrogen-bond acceptors (Lipinski definition) is 2. The van der Waals surface area contributed by atoms with Gasteiger partial charge in [0.1, 0.15) is 0 Å². The lowest BCUT2D eigenvalue weighted by atomic mass is 10.2. The number of carboxylic acid groups (broad SMARTS) is 1. The topological polar surface area (TPSA) is 37.3 Å². The summed E-state index contributed by atoms with van der Waals surface area (Å²) in [5, 5.41) is 10.3. The van der Waals surface area contributed by atoms with Gasteiger partial charge in [0.2, 0.25) is 0 Å². The summed E-state index contributed by atoms with van der Waals surface area (Å²) < 4.78 is 0. The maximum Gasteiger partial charge on any atom is 0.331 e. The summed E-state index contributed by atoms with van der Waals surface area (Å²) in [6.07, 6.45) is 0. The van der Waals surface area contributed by atoms with Crippen LogP contribution < -0.4 is 0 Å². The predicted octanol–water partition coefficient (Wildman–Crippen LogP) is 1.88. The second-order valence-electron chi connectivity index (χ2n) is 1.88. The van der Waals surface area contributed by atoms with Crippen molar-refractivity contribution in [3.05, 3.63) is 10.4 Å². The van der Waals surface area contributed by atoms with E-state index in [0.29, 0.717) is 5.75 Å². The maximum absolute atomic E-state index is 10.5. The van der Waals surface area contributed by atoms with Gasteiger partial charge < -0.3 is 5.11 Å². The minimum Gasteiger partial charge on any atom is -0.480 e. The van der Waals surface area contributed by atoms with E-state index in [1.807, 2.05) is 0 Å². The Morgan fingerprint density at radius 2 is 2.50 bits per heavy atom. The van der Waals surface area contributed by atoms with Crippen LogP contribution in [-0.2, 0) is 4.79 Å². The van der Waals surface area contributed by atoms with Crippen LogP contribution in [0.5, 0.6) is 0 Å². The van der Waals surface area contributed by atoms with Gasteiger partial charge in [-0.2, -0.15) is 0 Å². The van der Waals surface area contributed by atoms with Crippen LogP contribution in [0.25, 0.3) is 0 Å². The molecule has 1 rings (SSSR count). The van der Waals surface area contributed by atoms with Gasteiger partial charge in [0.05, 0.1) is 5.03 Å². The Labute approximate surface area is 72.2 Å². The van der Waals surface area contributed by atoms with Crippen molar-refractivity contribution in [3.63, 3.8) is 0 Å². The molecular formula is C5H4Cl2O2S. The van der Waals surface area contributed by atoms with Gasteiger partial charge in [-0.05, 0) is 5.41 Å². The Bertz CT molecular complexity index is 204. The van der Waals surface area contributed by atoms with E-state index in [1.165, 1.54) is 11.8 Å². The predicted molar refractivity (Wildman–Crippen MR) is 42.6 cm³/mol. The molecule has 56 valence electrons. The van der Waals surface area contributed by atoms with E-state index in [4.69, 9.17) is 28.3 Å². The normalized spacial score (nSPS) is 32.0. The van der Waals surface area contributed by atoms with Crippen molar-refractivity contribution in [3.8, 4) is 0 Å². The molecule has 0 aliphatic carbocycles. The molecule has 1 atom stereocenters. The van der Waals surface area contributed by atoms with E-state index in [1.54, 1.807) is 5.41 Å². The summed E-state index contributed by atoms with van der Waals surface area (Å²) >= 11 is 12.5. The van der Waals surface area contributed by atoms with Crippen molar-refractivity contribution in [1.82, 2.24) is 0 Å². The molecule has 0 aromatic heterocycles. The van der Waals surface area contributed by atoms with Crippen molar-refractivity contribution in [2.24, 2.45) is 0 Å². The zero-order chi connectivity index (χ0) is 7.78. The van der Waals surface area contributed by atoms with Crippen LogP contribution in [0, 0.1) is 0 Å². The monoisotopic (exact) mass is 198 g/mol. The molecule has 0 saturated carbocycles. The van der Waals surface area contributed by atoms with Gasteiger partial charge in [-0.15, -0.1) is 11.8 Å². The molecule has 1 N–H and O–H groups in total. The Kier molecular flexibility index (Phi) is 2.18. The molecule has 0 saturated heterocycles. The van der Waals surface area contributed by atoms with Crippen LogP contribution >= 0.6 is 35.0 Å². The Morgan fingerprint density at radius 3 is 2.70 bits per heavy atom. The number of alkyl halides is 1. The summed E-state index contributed by atoms with van der Waals surface area (Å²) in [4.78, 5) is 9.09. The van der Waals surface area contributed by atoms with Gasteiger partial charge in [0.25, 0.3) is 0 Å². The number of halogens is 2. The molecular weight excluding hydrogens is 195 g/mol. The fourth-order valence-corrected chi connectivity index (χ4v) is 2.22. The molecule has 1 aliphatic rings. The molecule has 0 radical (unpaired) electrons. The summed E-state index contributed by atoms with van der Waals surface area (Å²) in [5.41, 5.74) is 0. The summed E-state index contributed by atoms with van der Waals surface area (Å²) in [7, 11) is 0. The van der Waals surface area contributed by atoms with E-state index in [-0.39, 0.29) is 5.03 Å². The highest BCUT2D eigenvalue weighted by atomic mass is 35.5. The molecule has 10 heavy (non-hydrogen) atoms. The average molecular weight is 199 g/mol. The third kappa shape index (κ3) is 1.13. The lowest BCUT2D eigenvalue weighted by Gasteiger charge is -2.13. The third-order valence-corrected chi connectivity index (χ3v) is 3.50. The number of hydrogen-bond donors (Lipinski definition) is 1. The van der Waals surface area contributed by atoms with Crippen LogP contribution in [0.2, 0.25) is 0 Å². The van der Waals surface area contributed by atoms with Crippen LogP contribution in [0.1, 0.15) is 0 Å². The smallest absolute Gasteiger partial charge is 0.331 e. The molecule has 5 heteroatoms. The van der Waals surface area contributed by atoms with Crippen LogP contribution in [0.4, 0.5) is 0 Å². The fourth-order valence-electron chi connectivity index (χ4n) is 0.556. The Morgan fingerprint density at radius 1 is 1.90 bits per heavy atom. The highest BCUT2D eigenvalue weighted by Crippen LogP contribution is 2.39. The SMILES string of the molecule is O=C(O)C1(Cl)CSC=C1Cl. The Hall–Kier alpha value is 0.140. The lowest BCUT2D eigenvalue weighted by molar-refractivity contribution is -0.138. The molecule has 1 heterocycles. The van der Waals surface area contributed by atoms with Crippen LogP contribution in [-0.4, -0.2) is 21.7 Å². The van der Waals surface area contributed by atoms with E-state index >= 15 is 0 Å². The summed E-state index contributed by atoms with van der Waals surface area (Å²) in [5.74, 6) is -0.775. The van der Waals surface area contributed by atoms with Crippen molar-refractivity contribution in [2.45, 2.75) is 4.87 Å². The molecule has 0 aromatic rings. The van der Waals surface area contributed by atoms with Crippen molar-refractivity contribution in [2.75, 3.05) is 5.75 Å². The molecule has 2 nitrogen and oxygen atoms in total. The van der Waals surface area contributed by atoms with Crippen molar-refractivity contribution in [1.29, 1.82) is 0 Å². The second-order valence-corrected chi connectivity index (χ2v) is 3.79. The number of thioether (sulfide) groups is 1. The number of rotatable bonds is 1. The first-order chi connectivity index (χ1) is 4.57. The van der Waals surface area contributed by atoms with Crippen LogP contribution in [0.3, 0.4) is 0 Å². The molecule has 0 bridgehead atoms. The van der Waals surface area contributed by atoms with Gasteiger partial charge in [0, 0.05) is 5.75 Å². The summed E-state index contributed by atoms with van der Waals surface area (Å²) in [6, 6.07) is 0. The minimum absolute atomic E-state index is 0.201. The van der Waals surface area contributed by atoms with Gasteiger partial charge in [-0.1, -0.05) is 23.2 Å². The zero-order valence-electron chi connectivity index (χ0n) is 4.80. The van der Waals surface area contributed by atoms with Gasteiger partial charge in [0.15, 0.2) is 4.87 Å². The summed E-state index contributed by atoms with van der Waals surface area (Å²) in [6.45, 7) is 0. The van der Waals surface area contributed by atoms with E-state index < -0.39 is 10.8 Å². The largest absolute Gasteiger partial charge is 0.480 e. The molecule has 0 fully saturated rings. The average Bonchev–Trinajstić information content (AvgIpc) is 2.15. The highest BCUT2D eigenvalue weighted by molar-refractivity contribution is 8.02. The van der Waals surface area contributed by atoms with E-state index in [9.17, 15) is 4.79 Å². The first kappa shape index (κ1) is 8.24. The minimum atomic E-state index is -1.37. The van der Waals surface area contributed by atoms with Gasteiger partial charge in [-0.3, -0.25) is 0 Å². The maximum atomic E-state index is 10.5. The number of aliphatic carboxylic acids is 1. The quantitative estimate of drug-likeness (QED) is 0.655. The van der Waals surface area contributed by atoms with E-state index in [2.05, 4.69) is 0 Å². The first-order valence-electron chi connectivity index (χ1n) is 2.47. The number of carboxylic acids is 1. The molecule has 0 aromatic carbocycles. The highest BCUT2D eigenvalue weighted by Gasteiger charge is 2.42. The second kappa shape index (κ2) is 2.64. The van der Waals surface area contributed by atoms with Crippen molar-refractivity contribution >= 4 is 40.9 Å². The first-order valence-corrected chi connectivity index (χ1v) is 4.28. The number of carbonyl (C=O) groups is 1. The van der Waals surface area contributed by atoms with Gasteiger partial charge in [-0.25, -0.2) is 4.79 Å². The van der Waals surface area contributed by atoms with Crippen molar-refractivity contribution < 1.29 is 9.90 Å². The molecule has 1 unspecified atom stereocenters. The zero-order valence-corrected chi connectivity index (χ0v) is 7.13. The fraction of sp³-hybridized carbons (Fsp3) is 0.400.